The molecule has 1 N–H and O–H groups in total. The lowest BCUT2D eigenvalue weighted by atomic mass is 10.1. The van der Waals surface area contributed by atoms with Crippen LogP contribution in [0.1, 0.15) is 24.5 Å². The van der Waals surface area contributed by atoms with Crippen molar-refractivity contribution in [3.8, 4) is 5.88 Å². The van der Waals surface area contributed by atoms with Gasteiger partial charge in [0, 0.05) is 5.54 Å². The summed E-state index contributed by atoms with van der Waals surface area (Å²) in [5.41, 5.74) is 0.359. The van der Waals surface area contributed by atoms with Crippen molar-refractivity contribution in [3.63, 3.8) is 0 Å². The summed E-state index contributed by atoms with van der Waals surface area (Å²) >= 11 is 0. The molecular weight excluding hydrogens is 270 g/mol. The van der Waals surface area contributed by atoms with Gasteiger partial charge >= 0.3 is 5.97 Å². The third-order valence-electron chi connectivity index (χ3n) is 3.53. The van der Waals surface area contributed by atoms with Gasteiger partial charge in [0.2, 0.25) is 11.7 Å². The predicted octanol–water partition coefficient (Wildman–Crippen LogP) is 2.05. The van der Waals surface area contributed by atoms with Crippen LogP contribution in [-0.4, -0.2) is 52.2 Å². The molecule has 0 bridgehead atoms. The summed E-state index contributed by atoms with van der Waals surface area (Å²) in [5, 5.41) is 9.80. The fraction of sp³-hybridized carbons (Fsp3) is 0.400. The van der Waals surface area contributed by atoms with Crippen molar-refractivity contribution in [2.24, 2.45) is 0 Å². The number of benzene rings is 1. The van der Waals surface area contributed by atoms with Crippen molar-refractivity contribution in [1.29, 1.82) is 0 Å². The van der Waals surface area contributed by atoms with Gasteiger partial charge in [0.1, 0.15) is 6.61 Å². The molecule has 0 amide bonds. The molecule has 0 unspecified atom stereocenters. The monoisotopic (exact) mass is 289 g/mol. The maximum absolute atomic E-state index is 11.1. The standard InChI is InChI=1S/C15H19N3O3/c1-15(2,18(3)4)9-21-13-10-7-5-6-8-11(10)16-12(17-13)14(19)20/h5-8H,9H2,1-4H3,(H,19,20). The number of likely N-dealkylation sites (N-methyl/N-ethyl adjacent to an activating group) is 1. The number of hydrogen-bond donors (Lipinski definition) is 1. The number of aromatic nitrogens is 2. The van der Waals surface area contributed by atoms with Crippen molar-refractivity contribution in [2.45, 2.75) is 19.4 Å². The van der Waals surface area contributed by atoms with E-state index in [4.69, 9.17) is 9.84 Å². The Hall–Kier alpha value is -2.21. The van der Waals surface area contributed by atoms with E-state index in [1.807, 2.05) is 45.0 Å². The third kappa shape index (κ3) is 3.28. The van der Waals surface area contributed by atoms with Gasteiger partial charge in [-0.2, -0.15) is 4.98 Å². The third-order valence-corrected chi connectivity index (χ3v) is 3.53. The van der Waals surface area contributed by atoms with E-state index >= 15 is 0 Å². The molecule has 1 aromatic carbocycles. The number of carboxylic acids is 1. The molecule has 2 aromatic rings. The van der Waals surface area contributed by atoms with E-state index in [0.29, 0.717) is 23.4 Å². The number of rotatable bonds is 5. The summed E-state index contributed by atoms with van der Waals surface area (Å²) < 4.78 is 5.78. The van der Waals surface area contributed by atoms with Crippen LogP contribution in [-0.2, 0) is 0 Å². The van der Waals surface area contributed by atoms with E-state index < -0.39 is 5.97 Å². The highest BCUT2D eigenvalue weighted by Crippen LogP contribution is 2.23. The molecule has 6 heteroatoms. The van der Waals surface area contributed by atoms with Crippen LogP contribution in [0.5, 0.6) is 5.88 Å². The van der Waals surface area contributed by atoms with Gasteiger partial charge in [-0.3, -0.25) is 0 Å². The van der Waals surface area contributed by atoms with E-state index in [2.05, 4.69) is 9.97 Å². The molecule has 0 radical (unpaired) electrons. The lowest BCUT2D eigenvalue weighted by Crippen LogP contribution is -2.43. The Labute approximate surface area is 123 Å². The molecule has 0 aliphatic heterocycles. The van der Waals surface area contributed by atoms with Crippen LogP contribution in [0.4, 0.5) is 0 Å². The molecule has 0 aliphatic carbocycles. The molecule has 112 valence electrons. The van der Waals surface area contributed by atoms with E-state index in [0.717, 1.165) is 0 Å². The molecule has 0 atom stereocenters. The molecular formula is C15H19N3O3. The molecule has 0 spiro atoms. The molecule has 2 rings (SSSR count). The first-order valence-electron chi connectivity index (χ1n) is 6.61. The van der Waals surface area contributed by atoms with Gasteiger partial charge in [-0.1, -0.05) is 12.1 Å². The summed E-state index contributed by atoms with van der Waals surface area (Å²) in [6, 6.07) is 7.21. The van der Waals surface area contributed by atoms with Crippen LogP contribution in [0, 0.1) is 0 Å². The molecule has 6 nitrogen and oxygen atoms in total. The normalized spacial score (nSPS) is 11.9. The smallest absolute Gasteiger partial charge is 0.374 e. The van der Waals surface area contributed by atoms with Crippen LogP contribution in [0.2, 0.25) is 0 Å². The quantitative estimate of drug-likeness (QED) is 0.908. The number of hydrogen-bond acceptors (Lipinski definition) is 5. The molecule has 1 aromatic heterocycles. The zero-order chi connectivity index (χ0) is 15.6. The van der Waals surface area contributed by atoms with Crippen LogP contribution in [0.15, 0.2) is 24.3 Å². The summed E-state index contributed by atoms with van der Waals surface area (Å²) in [5.74, 6) is -1.13. The van der Waals surface area contributed by atoms with Crippen LogP contribution in [0.3, 0.4) is 0 Å². The van der Waals surface area contributed by atoms with Crippen molar-refractivity contribution in [1.82, 2.24) is 14.9 Å². The summed E-state index contributed by atoms with van der Waals surface area (Å²) in [7, 11) is 3.92. The SMILES string of the molecule is CN(C)C(C)(C)COc1nc(C(=O)O)nc2ccccc12. The van der Waals surface area contributed by atoms with Gasteiger partial charge in [0.15, 0.2) is 0 Å². The average molecular weight is 289 g/mol. The number of carbonyl (C=O) groups is 1. The Balaban J connectivity index is 2.40. The predicted molar refractivity (Wildman–Crippen MR) is 79.8 cm³/mol. The van der Waals surface area contributed by atoms with Crippen LogP contribution < -0.4 is 4.74 Å². The fourth-order valence-electron chi connectivity index (χ4n) is 1.63. The summed E-state index contributed by atoms with van der Waals surface area (Å²) in [6.07, 6.45) is 0. The Morgan fingerprint density at radius 2 is 1.95 bits per heavy atom. The first-order valence-corrected chi connectivity index (χ1v) is 6.61. The number of nitrogens with zero attached hydrogens (tertiary/aromatic N) is 3. The number of para-hydroxylation sites is 1. The first kappa shape index (κ1) is 15.2. The van der Waals surface area contributed by atoms with Gasteiger partial charge in [-0.15, -0.1) is 0 Å². The number of ether oxygens (including phenoxy) is 1. The summed E-state index contributed by atoms with van der Waals surface area (Å²) in [6.45, 7) is 4.46. The summed E-state index contributed by atoms with van der Waals surface area (Å²) in [4.78, 5) is 21.2. The Morgan fingerprint density at radius 3 is 2.57 bits per heavy atom. The Bertz CT molecular complexity index is 668. The number of fused-ring (bicyclic) bond motifs is 1. The fourth-order valence-corrected chi connectivity index (χ4v) is 1.63. The van der Waals surface area contributed by atoms with Crippen molar-refractivity contribution in [3.05, 3.63) is 30.1 Å². The molecule has 1 heterocycles. The average Bonchev–Trinajstić information content (AvgIpc) is 2.44. The largest absolute Gasteiger partial charge is 0.475 e. The van der Waals surface area contributed by atoms with Crippen molar-refractivity contribution >= 4 is 16.9 Å². The second-order valence-corrected chi connectivity index (χ2v) is 5.67. The van der Waals surface area contributed by atoms with E-state index in [1.54, 1.807) is 12.1 Å². The van der Waals surface area contributed by atoms with Crippen molar-refractivity contribution < 1.29 is 14.6 Å². The topological polar surface area (TPSA) is 75.5 Å². The van der Waals surface area contributed by atoms with E-state index in [-0.39, 0.29) is 11.4 Å². The highest BCUT2D eigenvalue weighted by Gasteiger charge is 2.23. The second kappa shape index (κ2) is 5.65. The van der Waals surface area contributed by atoms with Gasteiger partial charge in [0.05, 0.1) is 10.9 Å². The Morgan fingerprint density at radius 1 is 1.29 bits per heavy atom. The van der Waals surface area contributed by atoms with Gasteiger partial charge in [0.25, 0.3) is 0 Å². The van der Waals surface area contributed by atoms with E-state index in [9.17, 15) is 4.79 Å². The molecule has 0 fully saturated rings. The van der Waals surface area contributed by atoms with Crippen LogP contribution >= 0.6 is 0 Å². The highest BCUT2D eigenvalue weighted by molar-refractivity contribution is 5.89. The van der Waals surface area contributed by atoms with Crippen LogP contribution in [0.25, 0.3) is 10.9 Å². The maximum atomic E-state index is 11.1. The minimum absolute atomic E-state index is 0.199. The minimum atomic E-state index is -1.17. The van der Waals surface area contributed by atoms with Crippen molar-refractivity contribution in [2.75, 3.05) is 20.7 Å². The van der Waals surface area contributed by atoms with Gasteiger partial charge < -0.3 is 14.7 Å². The first-order chi connectivity index (χ1) is 9.81. The number of aromatic carboxylic acids is 1. The minimum Gasteiger partial charge on any atom is -0.475 e. The lowest BCUT2D eigenvalue weighted by molar-refractivity contribution is 0.0681. The maximum Gasteiger partial charge on any atom is 0.374 e. The number of carboxylic acid groups (broad SMARTS) is 1. The molecule has 0 saturated carbocycles. The Kier molecular flexibility index (Phi) is 4.09. The molecule has 0 aliphatic rings. The second-order valence-electron chi connectivity index (χ2n) is 5.67. The van der Waals surface area contributed by atoms with Gasteiger partial charge in [-0.25, -0.2) is 9.78 Å². The molecule has 0 saturated heterocycles. The van der Waals surface area contributed by atoms with E-state index in [1.165, 1.54) is 0 Å². The zero-order valence-corrected chi connectivity index (χ0v) is 12.6. The zero-order valence-electron chi connectivity index (χ0n) is 12.6. The van der Waals surface area contributed by atoms with Gasteiger partial charge in [-0.05, 0) is 40.1 Å². The highest BCUT2D eigenvalue weighted by atomic mass is 16.5. The molecule has 21 heavy (non-hydrogen) atoms. The lowest BCUT2D eigenvalue weighted by Gasteiger charge is -2.32.